The van der Waals surface area contributed by atoms with Gasteiger partial charge in [-0.1, -0.05) is 39.8 Å². The minimum absolute atomic E-state index is 0.0171. The molecule has 5 aliphatic carbocycles. The van der Waals surface area contributed by atoms with Gasteiger partial charge in [0.25, 0.3) is 0 Å². The average Bonchev–Trinajstić information content (AvgIpc) is 3.36. The van der Waals surface area contributed by atoms with Gasteiger partial charge in [-0.3, -0.25) is 4.79 Å². The molecule has 0 spiro atoms. The van der Waals surface area contributed by atoms with Crippen molar-refractivity contribution in [2.75, 3.05) is 6.61 Å². The molecular formula is C37H52O6. The van der Waals surface area contributed by atoms with E-state index in [1.807, 2.05) is 0 Å². The summed E-state index contributed by atoms with van der Waals surface area (Å²) in [4.78, 5) is 26.6. The van der Waals surface area contributed by atoms with Crippen molar-refractivity contribution in [1.82, 2.24) is 0 Å². The van der Waals surface area contributed by atoms with Gasteiger partial charge in [0.05, 0.1) is 23.7 Å². The molecule has 236 valence electrons. The van der Waals surface area contributed by atoms with Crippen LogP contribution in [0.2, 0.25) is 0 Å². The number of hydrogen-bond donors (Lipinski definition) is 3. The number of carboxylic acid groups (broad SMARTS) is 1. The van der Waals surface area contributed by atoms with Gasteiger partial charge >= 0.3 is 11.9 Å². The summed E-state index contributed by atoms with van der Waals surface area (Å²) < 4.78 is 6.32. The molecule has 6 nitrogen and oxygen atoms in total. The summed E-state index contributed by atoms with van der Waals surface area (Å²) in [6.07, 6.45) is 8.39. The first kappa shape index (κ1) is 30.7. The highest BCUT2D eigenvalue weighted by molar-refractivity contribution is 5.89. The lowest BCUT2D eigenvalue weighted by Crippen LogP contribution is -2.69. The second-order valence-electron chi connectivity index (χ2n) is 16.4. The van der Waals surface area contributed by atoms with Crippen molar-refractivity contribution in [2.45, 2.75) is 105 Å². The number of aliphatic carboxylic acids is 1. The van der Waals surface area contributed by atoms with E-state index in [-0.39, 0.29) is 57.9 Å². The lowest BCUT2D eigenvalue weighted by Gasteiger charge is -2.73. The zero-order valence-corrected chi connectivity index (χ0v) is 26.8. The van der Waals surface area contributed by atoms with E-state index in [2.05, 4.69) is 41.2 Å². The van der Waals surface area contributed by atoms with Gasteiger partial charge in [-0.25, -0.2) is 4.79 Å². The normalized spacial score (nSPS) is 44.7. The number of hydrogen-bond acceptors (Lipinski definition) is 5. The van der Waals surface area contributed by atoms with E-state index in [4.69, 9.17) is 4.74 Å². The molecule has 5 fully saturated rings. The molecule has 6 rings (SSSR count). The Hall–Kier alpha value is -2.34. The predicted molar refractivity (Wildman–Crippen MR) is 165 cm³/mol. The molecule has 5 aliphatic rings. The molecule has 5 saturated carbocycles. The number of fused-ring (bicyclic) bond motifs is 7. The number of aliphatic hydroxyl groups excluding tert-OH is 1. The van der Waals surface area contributed by atoms with Crippen molar-refractivity contribution in [3.63, 3.8) is 0 Å². The van der Waals surface area contributed by atoms with Crippen LogP contribution in [0, 0.1) is 56.7 Å². The molecule has 0 bridgehead atoms. The Morgan fingerprint density at radius 3 is 2.26 bits per heavy atom. The Balaban J connectivity index is 1.45. The quantitative estimate of drug-likeness (QED) is 0.240. The maximum atomic E-state index is 13.5. The number of carboxylic acids is 1. The monoisotopic (exact) mass is 592 g/mol. The third-order valence-corrected chi connectivity index (χ3v) is 14.7. The fraction of sp³-hybridized carbons (Fsp3) is 0.730. The number of allylic oxidation sites excluding steroid dienone is 1. The number of carbonyl (C=O) groups excluding carboxylic acids is 1. The highest BCUT2D eigenvalue weighted by Gasteiger charge is 2.73. The summed E-state index contributed by atoms with van der Waals surface area (Å²) in [5.41, 5.74) is 0.152. The fourth-order valence-electron chi connectivity index (χ4n) is 12.5. The first-order chi connectivity index (χ1) is 20.1. The first-order valence-electron chi connectivity index (χ1n) is 16.7. The van der Waals surface area contributed by atoms with Crippen LogP contribution in [0.25, 0.3) is 0 Å². The molecule has 1 aromatic rings. The molecule has 0 radical (unpaired) electrons. The molecule has 10 unspecified atom stereocenters. The molecule has 0 saturated heterocycles. The number of rotatable bonds is 5. The summed E-state index contributed by atoms with van der Waals surface area (Å²) in [7, 11) is 0. The largest absolute Gasteiger partial charge is 0.508 e. The summed E-state index contributed by atoms with van der Waals surface area (Å²) in [5.74, 6) is 0.120. The van der Waals surface area contributed by atoms with E-state index in [0.29, 0.717) is 30.2 Å². The van der Waals surface area contributed by atoms with Gasteiger partial charge in [-0.2, -0.15) is 0 Å². The lowest BCUT2D eigenvalue weighted by atomic mass is 9.32. The smallest absolute Gasteiger partial charge is 0.338 e. The second kappa shape index (κ2) is 10.1. The highest BCUT2D eigenvalue weighted by atomic mass is 16.5. The zero-order chi connectivity index (χ0) is 31.2. The van der Waals surface area contributed by atoms with Gasteiger partial charge in [0.2, 0.25) is 0 Å². The van der Waals surface area contributed by atoms with Crippen LogP contribution >= 0.6 is 0 Å². The van der Waals surface area contributed by atoms with Crippen molar-refractivity contribution >= 4 is 11.9 Å². The van der Waals surface area contributed by atoms with Crippen LogP contribution in [0.4, 0.5) is 0 Å². The van der Waals surface area contributed by atoms with Crippen molar-refractivity contribution < 1.29 is 29.6 Å². The SMILES string of the molecule is C=C(C)C1CCC2(C(=O)O)CCC3(COC(=O)c4ccc(O)cc4)C(CCC4C5(C)CCC(O)C(C)(C)C5CCC43C)C12. The standard InChI is InChI=1S/C37H52O6/c1-22(2)25-13-18-36(32(41)42)19-20-37(21-43-31(40)23-7-9-24(38)10-8-23)26(30(25)36)11-12-28-34(5)16-15-29(39)33(3,4)27(34)14-17-35(28,37)6/h7-10,25-30,38-39H,1,11-21H2,2-6H3,(H,41,42). The minimum Gasteiger partial charge on any atom is -0.508 e. The second-order valence-corrected chi connectivity index (χ2v) is 16.4. The highest BCUT2D eigenvalue weighted by Crippen LogP contribution is 2.77. The fourth-order valence-corrected chi connectivity index (χ4v) is 12.5. The number of benzene rings is 1. The summed E-state index contributed by atoms with van der Waals surface area (Å²) >= 11 is 0. The zero-order valence-electron chi connectivity index (χ0n) is 26.8. The van der Waals surface area contributed by atoms with Gasteiger partial charge in [0, 0.05) is 5.41 Å². The molecule has 10 atom stereocenters. The van der Waals surface area contributed by atoms with E-state index in [0.717, 1.165) is 56.9 Å². The Morgan fingerprint density at radius 2 is 1.60 bits per heavy atom. The number of carbonyl (C=O) groups is 2. The molecule has 6 heteroatoms. The van der Waals surface area contributed by atoms with E-state index in [9.17, 15) is 24.9 Å². The lowest BCUT2D eigenvalue weighted by molar-refractivity contribution is -0.261. The predicted octanol–water partition coefficient (Wildman–Crippen LogP) is 7.63. The Morgan fingerprint density at radius 1 is 0.907 bits per heavy atom. The maximum absolute atomic E-state index is 13.5. The van der Waals surface area contributed by atoms with E-state index in [1.54, 1.807) is 12.1 Å². The van der Waals surface area contributed by atoms with Crippen molar-refractivity contribution in [1.29, 1.82) is 0 Å². The molecule has 0 amide bonds. The van der Waals surface area contributed by atoms with Crippen LogP contribution in [0.5, 0.6) is 5.75 Å². The van der Waals surface area contributed by atoms with Crippen molar-refractivity contribution in [3.05, 3.63) is 42.0 Å². The van der Waals surface area contributed by atoms with Crippen LogP contribution in [-0.2, 0) is 9.53 Å². The van der Waals surface area contributed by atoms with E-state index >= 15 is 0 Å². The van der Waals surface area contributed by atoms with E-state index in [1.165, 1.54) is 12.1 Å². The molecule has 3 N–H and O–H groups in total. The number of ether oxygens (including phenoxy) is 1. The number of phenolic OH excluding ortho intramolecular Hbond substituents is 1. The van der Waals surface area contributed by atoms with Crippen LogP contribution in [0.1, 0.15) is 109 Å². The summed E-state index contributed by atoms with van der Waals surface area (Å²) in [6.45, 7) is 16.1. The minimum atomic E-state index is -0.750. The summed E-state index contributed by atoms with van der Waals surface area (Å²) in [6, 6.07) is 6.22. The number of esters is 1. The average molecular weight is 593 g/mol. The number of aliphatic hydroxyl groups is 1. The van der Waals surface area contributed by atoms with Gasteiger partial charge in [-0.05, 0) is 141 Å². The van der Waals surface area contributed by atoms with Crippen LogP contribution in [0.3, 0.4) is 0 Å². The van der Waals surface area contributed by atoms with Gasteiger partial charge in [-0.15, -0.1) is 0 Å². The third-order valence-electron chi connectivity index (χ3n) is 14.7. The summed E-state index contributed by atoms with van der Waals surface area (Å²) in [5, 5.41) is 31.6. The molecule has 1 aromatic carbocycles. The Labute approximate surface area is 257 Å². The van der Waals surface area contributed by atoms with Crippen LogP contribution in [0.15, 0.2) is 36.4 Å². The third kappa shape index (κ3) is 4.13. The maximum Gasteiger partial charge on any atom is 0.338 e. The molecule has 0 aromatic heterocycles. The van der Waals surface area contributed by atoms with Crippen molar-refractivity contribution in [3.8, 4) is 5.75 Å². The van der Waals surface area contributed by atoms with Crippen molar-refractivity contribution in [2.24, 2.45) is 56.7 Å². The Kier molecular flexibility index (Phi) is 7.20. The molecule has 0 heterocycles. The number of phenols is 1. The van der Waals surface area contributed by atoms with Gasteiger partial charge < -0.3 is 20.1 Å². The topological polar surface area (TPSA) is 104 Å². The first-order valence-corrected chi connectivity index (χ1v) is 16.7. The van der Waals surface area contributed by atoms with Crippen LogP contribution < -0.4 is 0 Å². The van der Waals surface area contributed by atoms with E-state index < -0.39 is 17.4 Å². The molecular weight excluding hydrogens is 540 g/mol. The van der Waals surface area contributed by atoms with Gasteiger partial charge in [0.1, 0.15) is 5.75 Å². The molecule has 0 aliphatic heterocycles. The molecule has 43 heavy (non-hydrogen) atoms. The Bertz CT molecular complexity index is 1300. The van der Waals surface area contributed by atoms with Crippen LogP contribution in [-0.4, -0.2) is 40.0 Å². The number of aromatic hydroxyl groups is 1. The van der Waals surface area contributed by atoms with Gasteiger partial charge in [0.15, 0.2) is 0 Å².